The first kappa shape index (κ1) is 21.9. The minimum atomic E-state index is -4.08. The molecule has 166 valence electrons. The lowest BCUT2D eigenvalue weighted by molar-refractivity contribution is -0.384. The lowest BCUT2D eigenvalue weighted by Crippen LogP contribution is -2.14. The Labute approximate surface area is 188 Å². The monoisotopic (exact) mass is 463 g/mol. The van der Waals surface area contributed by atoms with E-state index >= 15 is 0 Å². The van der Waals surface area contributed by atoms with Gasteiger partial charge in [-0.05, 0) is 43.3 Å². The van der Waals surface area contributed by atoms with Gasteiger partial charge in [-0.2, -0.15) is 9.78 Å². The van der Waals surface area contributed by atoms with Crippen molar-refractivity contribution in [1.29, 1.82) is 0 Å². The van der Waals surface area contributed by atoms with E-state index in [-0.39, 0.29) is 32.6 Å². The molecule has 1 aromatic heterocycles. The third-order valence-corrected chi connectivity index (χ3v) is 6.69. The maximum Gasteiger partial charge on any atom is 0.344 e. The number of non-ortho nitro benzene ring substituents is 1. The van der Waals surface area contributed by atoms with Gasteiger partial charge in [-0.15, -0.1) is 0 Å². The largest absolute Gasteiger partial charge is 0.402 e. The predicted octanol–water partition coefficient (Wildman–Crippen LogP) is 4.14. The van der Waals surface area contributed by atoms with Gasteiger partial charge in [0.2, 0.25) is 15.7 Å². The van der Waals surface area contributed by atoms with Crippen LogP contribution in [0.3, 0.4) is 0 Å². The molecule has 0 aliphatic heterocycles. The van der Waals surface area contributed by atoms with Crippen molar-refractivity contribution in [2.75, 3.05) is 0 Å². The third-order valence-electron chi connectivity index (χ3n) is 4.79. The lowest BCUT2D eigenvalue weighted by Gasteiger charge is -2.11. The van der Waals surface area contributed by atoms with Crippen LogP contribution in [0, 0.1) is 17.0 Å². The Bertz CT molecular complexity index is 1430. The zero-order valence-electron chi connectivity index (χ0n) is 17.3. The molecule has 0 bridgehead atoms. The minimum Gasteiger partial charge on any atom is -0.402 e. The van der Waals surface area contributed by atoms with Gasteiger partial charge in [0, 0.05) is 12.1 Å². The molecule has 1 heterocycles. The highest BCUT2D eigenvalue weighted by molar-refractivity contribution is 7.91. The summed E-state index contributed by atoms with van der Waals surface area (Å²) in [6, 6.07) is 21.2. The molecule has 4 rings (SSSR count). The molecule has 0 spiro atoms. The number of nitrogens with zero attached hydrogens (tertiary/aromatic N) is 3. The highest BCUT2D eigenvalue weighted by atomic mass is 32.2. The van der Waals surface area contributed by atoms with Gasteiger partial charge in [-0.25, -0.2) is 13.2 Å². The number of hydrogen-bond acceptors (Lipinski definition) is 7. The molecule has 3 aromatic carbocycles. The molecule has 0 N–H and O–H groups in total. The average Bonchev–Trinajstić information content (AvgIpc) is 3.16. The van der Waals surface area contributed by atoms with E-state index in [4.69, 9.17) is 4.74 Å². The number of esters is 1. The van der Waals surface area contributed by atoms with Gasteiger partial charge in [-0.3, -0.25) is 10.1 Å². The van der Waals surface area contributed by atoms with Gasteiger partial charge in [0.15, 0.2) is 4.90 Å². The molecule has 0 radical (unpaired) electrons. The number of ether oxygens (including phenoxy) is 1. The second-order valence-corrected chi connectivity index (χ2v) is 8.86. The smallest absolute Gasteiger partial charge is 0.344 e. The van der Waals surface area contributed by atoms with E-state index in [2.05, 4.69) is 5.10 Å². The summed E-state index contributed by atoms with van der Waals surface area (Å²) in [6.07, 6.45) is 0. The van der Waals surface area contributed by atoms with Crippen molar-refractivity contribution in [2.24, 2.45) is 0 Å². The number of nitro groups is 1. The molecule has 0 saturated carbocycles. The van der Waals surface area contributed by atoms with Crippen molar-refractivity contribution in [3.05, 3.63) is 106 Å². The van der Waals surface area contributed by atoms with Crippen molar-refractivity contribution in [2.45, 2.75) is 16.7 Å². The SMILES string of the molecule is Cc1nn(-c2ccccc2)c(OC(=O)c2ccc([N+](=O)[O-])cc2)c1S(=O)(=O)c1ccccc1. The van der Waals surface area contributed by atoms with Crippen molar-refractivity contribution in [1.82, 2.24) is 9.78 Å². The van der Waals surface area contributed by atoms with Gasteiger partial charge in [0.05, 0.1) is 26.8 Å². The van der Waals surface area contributed by atoms with Crippen LogP contribution in [0.5, 0.6) is 5.88 Å². The first-order chi connectivity index (χ1) is 15.8. The Hall–Kier alpha value is -4.31. The fourth-order valence-corrected chi connectivity index (χ4v) is 4.76. The van der Waals surface area contributed by atoms with Crippen LogP contribution < -0.4 is 4.74 Å². The molecule has 0 fully saturated rings. The van der Waals surface area contributed by atoms with Crippen molar-refractivity contribution >= 4 is 21.5 Å². The van der Waals surface area contributed by atoms with E-state index in [0.29, 0.717) is 5.69 Å². The number of hydrogen-bond donors (Lipinski definition) is 0. The summed E-state index contributed by atoms with van der Waals surface area (Å²) in [4.78, 5) is 22.9. The second-order valence-electron chi connectivity index (χ2n) is 6.98. The Balaban J connectivity index is 1.84. The minimum absolute atomic E-state index is 0.0159. The van der Waals surface area contributed by atoms with E-state index in [0.717, 1.165) is 12.1 Å². The summed E-state index contributed by atoms with van der Waals surface area (Å²) in [5.41, 5.74) is 0.460. The standard InChI is InChI=1S/C23H17N3O6S/c1-16-21(33(30,31)20-10-6-3-7-11-20)22(25(24-16)18-8-4-2-5-9-18)32-23(27)17-12-14-19(15-13-17)26(28)29/h2-15H,1H3. The zero-order chi connectivity index (χ0) is 23.6. The van der Waals surface area contributed by atoms with Gasteiger partial charge in [-0.1, -0.05) is 36.4 Å². The van der Waals surface area contributed by atoms with Crippen LogP contribution >= 0.6 is 0 Å². The average molecular weight is 463 g/mol. The lowest BCUT2D eigenvalue weighted by atomic mass is 10.2. The van der Waals surface area contributed by atoms with Gasteiger partial charge in [0.1, 0.15) is 0 Å². The van der Waals surface area contributed by atoms with Crippen LogP contribution in [-0.2, 0) is 9.84 Å². The summed E-state index contributed by atoms with van der Waals surface area (Å²) in [5.74, 6) is -1.16. The van der Waals surface area contributed by atoms with Crippen LogP contribution in [0.2, 0.25) is 0 Å². The van der Waals surface area contributed by atoms with Crippen molar-refractivity contribution < 1.29 is 22.9 Å². The highest BCUT2D eigenvalue weighted by Gasteiger charge is 2.32. The van der Waals surface area contributed by atoms with Crippen molar-refractivity contribution in [3.8, 4) is 11.6 Å². The van der Waals surface area contributed by atoms with Crippen LogP contribution in [0.1, 0.15) is 16.1 Å². The summed E-state index contributed by atoms with van der Waals surface area (Å²) < 4.78 is 33.7. The molecule has 0 unspecified atom stereocenters. The molecule has 4 aromatic rings. The molecule has 0 amide bonds. The molecular weight excluding hydrogens is 446 g/mol. The predicted molar refractivity (Wildman–Crippen MR) is 118 cm³/mol. The number of aromatic nitrogens is 2. The number of para-hydroxylation sites is 1. The summed E-state index contributed by atoms with van der Waals surface area (Å²) in [6.45, 7) is 1.51. The van der Waals surface area contributed by atoms with Gasteiger partial charge >= 0.3 is 5.97 Å². The van der Waals surface area contributed by atoms with Crippen LogP contribution in [0.25, 0.3) is 5.69 Å². The molecule has 0 atom stereocenters. The van der Waals surface area contributed by atoms with Crippen molar-refractivity contribution in [3.63, 3.8) is 0 Å². The molecule has 0 saturated heterocycles. The molecule has 0 aliphatic carbocycles. The second kappa shape index (κ2) is 8.67. The van der Waals surface area contributed by atoms with E-state index < -0.39 is 20.7 Å². The molecule has 0 aliphatic rings. The first-order valence-electron chi connectivity index (χ1n) is 9.71. The molecule has 10 heteroatoms. The number of sulfone groups is 1. The summed E-state index contributed by atoms with van der Waals surface area (Å²) in [5, 5.41) is 15.2. The molecule has 33 heavy (non-hydrogen) atoms. The number of carbonyl (C=O) groups excluding carboxylic acids is 1. The summed E-state index contributed by atoms with van der Waals surface area (Å²) >= 11 is 0. The normalized spacial score (nSPS) is 11.2. The third kappa shape index (κ3) is 4.23. The quantitative estimate of drug-likeness (QED) is 0.239. The number of aryl methyl sites for hydroxylation is 1. The van der Waals surface area contributed by atoms with E-state index in [1.165, 1.54) is 35.9 Å². The maximum absolute atomic E-state index is 13.4. The summed E-state index contributed by atoms with van der Waals surface area (Å²) in [7, 11) is -4.08. The number of benzene rings is 3. The fraction of sp³-hybridized carbons (Fsp3) is 0.0435. The number of nitro benzene ring substituents is 1. The van der Waals surface area contributed by atoms with Crippen LogP contribution in [-0.4, -0.2) is 29.1 Å². The van der Waals surface area contributed by atoms with Crippen LogP contribution in [0.15, 0.2) is 94.7 Å². The highest BCUT2D eigenvalue weighted by Crippen LogP contribution is 2.35. The first-order valence-corrected chi connectivity index (χ1v) is 11.2. The van der Waals surface area contributed by atoms with E-state index in [1.807, 2.05) is 0 Å². The van der Waals surface area contributed by atoms with Gasteiger partial charge < -0.3 is 4.74 Å². The zero-order valence-corrected chi connectivity index (χ0v) is 18.1. The molecular formula is C23H17N3O6S. The van der Waals surface area contributed by atoms with E-state index in [9.17, 15) is 23.3 Å². The van der Waals surface area contributed by atoms with E-state index in [1.54, 1.807) is 48.5 Å². The Morgan fingerprint density at radius 2 is 1.52 bits per heavy atom. The Morgan fingerprint density at radius 1 is 0.939 bits per heavy atom. The maximum atomic E-state index is 13.4. The fourth-order valence-electron chi connectivity index (χ4n) is 3.22. The van der Waals surface area contributed by atoms with Crippen LogP contribution in [0.4, 0.5) is 5.69 Å². The Morgan fingerprint density at radius 3 is 2.09 bits per heavy atom. The topological polar surface area (TPSA) is 121 Å². The Kier molecular flexibility index (Phi) is 5.76. The number of carbonyl (C=O) groups is 1. The van der Waals surface area contributed by atoms with Gasteiger partial charge in [0.25, 0.3) is 5.69 Å². The molecule has 9 nitrogen and oxygen atoms in total. The number of rotatable bonds is 6.